The molecule has 20 heavy (non-hydrogen) atoms. The van der Waals surface area contributed by atoms with Crippen LogP contribution in [0.5, 0.6) is 0 Å². The highest BCUT2D eigenvalue weighted by molar-refractivity contribution is 5.76. The SMILES string of the molecule is [O-]C(c1nc2ccccc2[nH]1)c1nc2ccccc2[nH]1. The number of H-pyrrole nitrogens is 2. The van der Waals surface area contributed by atoms with Crippen molar-refractivity contribution in [2.24, 2.45) is 0 Å². The molecule has 0 saturated carbocycles. The van der Waals surface area contributed by atoms with Crippen LogP contribution in [0.15, 0.2) is 48.5 Å². The Hall–Kier alpha value is -2.66. The van der Waals surface area contributed by atoms with Gasteiger partial charge in [0.05, 0.1) is 22.1 Å². The second-order valence-electron chi connectivity index (χ2n) is 4.66. The minimum atomic E-state index is -1.14. The largest absolute Gasteiger partial charge is 0.841 e. The normalized spacial score (nSPS) is 11.7. The zero-order valence-corrected chi connectivity index (χ0v) is 10.5. The molecule has 5 nitrogen and oxygen atoms in total. The molecule has 0 aliphatic rings. The lowest BCUT2D eigenvalue weighted by molar-refractivity contribution is -0.415. The molecule has 0 spiro atoms. The summed E-state index contributed by atoms with van der Waals surface area (Å²) in [5, 5.41) is 12.5. The van der Waals surface area contributed by atoms with Crippen LogP contribution in [0.4, 0.5) is 0 Å². The van der Waals surface area contributed by atoms with Crippen LogP contribution in [0.25, 0.3) is 22.1 Å². The summed E-state index contributed by atoms with van der Waals surface area (Å²) in [6.45, 7) is 0. The fourth-order valence-corrected chi connectivity index (χ4v) is 2.32. The molecule has 0 radical (unpaired) electrons. The van der Waals surface area contributed by atoms with Gasteiger partial charge in [0.25, 0.3) is 0 Å². The van der Waals surface area contributed by atoms with Crippen molar-refractivity contribution in [3.8, 4) is 0 Å². The maximum Gasteiger partial charge on any atom is 0.101 e. The van der Waals surface area contributed by atoms with Crippen molar-refractivity contribution in [1.82, 2.24) is 19.9 Å². The third-order valence-electron chi connectivity index (χ3n) is 3.31. The summed E-state index contributed by atoms with van der Waals surface area (Å²) in [5.74, 6) is 0.760. The van der Waals surface area contributed by atoms with E-state index >= 15 is 0 Å². The Morgan fingerprint density at radius 1 is 0.750 bits per heavy atom. The standard InChI is InChI=1S/C15H11N4O/c20-13(14-16-9-5-1-2-6-10(9)17-14)15-18-11-7-3-4-8-12(11)19-15/h1-8,13H,(H,16,17)(H,18,19)/q-1. The number of nitrogens with one attached hydrogen (secondary N) is 2. The van der Waals surface area contributed by atoms with Crippen LogP contribution in [-0.2, 0) is 0 Å². The first kappa shape index (κ1) is 11.2. The lowest BCUT2D eigenvalue weighted by Crippen LogP contribution is -2.19. The van der Waals surface area contributed by atoms with E-state index in [1.165, 1.54) is 0 Å². The van der Waals surface area contributed by atoms with Gasteiger partial charge in [-0.1, -0.05) is 24.3 Å². The minimum Gasteiger partial charge on any atom is -0.841 e. The van der Waals surface area contributed by atoms with E-state index in [2.05, 4.69) is 19.9 Å². The summed E-state index contributed by atoms with van der Waals surface area (Å²) >= 11 is 0. The molecule has 5 heteroatoms. The van der Waals surface area contributed by atoms with Crippen LogP contribution >= 0.6 is 0 Å². The molecule has 0 aliphatic heterocycles. The quantitative estimate of drug-likeness (QED) is 0.579. The van der Waals surface area contributed by atoms with Gasteiger partial charge in [-0.3, -0.25) is 0 Å². The molecule has 0 saturated heterocycles. The molecule has 0 unspecified atom stereocenters. The van der Waals surface area contributed by atoms with Gasteiger partial charge in [0.1, 0.15) is 11.6 Å². The van der Waals surface area contributed by atoms with E-state index in [9.17, 15) is 5.11 Å². The van der Waals surface area contributed by atoms with Gasteiger partial charge in [-0.15, -0.1) is 0 Å². The van der Waals surface area contributed by atoms with Gasteiger partial charge in [0.15, 0.2) is 0 Å². The molecule has 0 bridgehead atoms. The van der Waals surface area contributed by atoms with E-state index < -0.39 is 6.10 Å². The fourth-order valence-electron chi connectivity index (χ4n) is 2.32. The van der Waals surface area contributed by atoms with E-state index in [4.69, 9.17) is 0 Å². The van der Waals surface area contributed by atoms with Gasteiger partial charge in [-0.2, -0.15) is 0 Å². The monoisotopic (exact) mass is 263 g/mol. The molecule has 2 N–H and O–H groups in total. The molecular formula is C15H11N4O-. The zero-order valence-electron chi connectivity index (χ0n) is 10.5. The average Bonchev–Trinajstić information content (AvgIpc) is 3.10. The summed E-state index contributed by atoms with van der Waals surface area (Å²) < 4.78 is 0. The minimum absolute atomic E-state index is 0.380. The molecule has 4 rings (SSSR count). The summed E-state index contributed by atoms with van der Waals surface area (Å²) in [7, 11) is 0. The van der Waals surface area contributed by atoms with E-state index in [1.54, 1.807) is 0 Å². The zero-order chi connectivity index (χ0) is 13.5. The summed E-state index contributed by atoms with van der Waals surface area (Å²) in [6.07, 6.45) is -1.14. The number of imidazole rings is 2. The van der Waals surface area contributed by atoms with Crippen LogP contribution in [0.2, 0.25) is 0 Å². The molecule has 4 aromatic rings. The van der Waals surface area contributed by atoms with Crippen LogP contribution in [-0.4, -0.2) is 19.9 Å². The first-order valence-electron chi connectivity index (χ1n) is 6.36. The Balaban J connectivity index is 1.80. The smallest absolute Gasteiger partial charge is 0.101 e. The molecule has 0 aliphatic carbocycles. The highest BCUT2D eigenvalue weighted by Gasteiger charge is 2.11. The number of benzene rings is 2. The van der Waals surface area contributed by atoms with Gasteiger partial charge >= 0.3 is 0 Å². The predicted octanol–water partition coefficient (Wildman–Crippen LogP) is 1.89. The molecule has 0 atom stereocenters. The maximum absolute atomic E-state index is 12.5. The van der Waals surface area contributed by atoms with Crippen molar-refractivity contribution in [3.05, 3.63) is 60.2 Å². The second-order valence-corrected chi connectivity index (χ2v) is 4.66. The first-order valence-corrected chi connectivity index (χ1v) is 6.36. The summed E-state index contributed by atoms with van der Waals surface area (Å²) in [4.78, 5) is 14.8. The third kappa shape index (κ3) is 1.68. The topological polar surface area (TPSA) is 80.4 Å². The Labute approximate surface area is 114 Å². The van der Waals surface area contributed by atoms with Crippen LogP contribution in [0.3, 0.4) is 0 Å². The number of hydrogen-bond acceptors (Lipinski definition) is 3. The molecular weight excluding hydrogens is 252 g/mol. The third-order valence-corrected chi connectivity index (χ3v) is 3.31. The Morgan fingerprint density at radius 3 is 1.65 bits per heavy atom. The van der Waals surface area contributed by atoms with Crippen molar-refractivity contribution in [1.29, 1.82) is 0 Å². The number of fused-ring (bicyclic) bond motifs is 2. The second kappa shape index (κ2) is 4.18. The maximum atomic E-state index is 12.5. The molecule has 98 valence electrons. The van der Waals surface area contributed by atoms with Gasteiger partial charge in [0, 0.05) is 0 Å². The number of hydrogen-bond donors (Lipinski definition) is 2. The number of aromatic nitrogens is 4. The van der Waals surface area contributed by atoms with E-state index in [0.29, 0.717) is 11.6 Å². The van der Waals surface area contributed by atoms with Gasteiger partial charge < -0.3 is 15.1 Å². The molecule has 2 heterocycles. The highest BCUT2D eigenvalue weighted by Crippen LogP contribution is 2.20. The van der Waals surface area contributed by atoms with E-state index in [1.807, 2.05) is 48.5 Å². The Bertz CT molecular complexity index is 753. The van der Waals surface area contributed by atoms with Crippen LogP contribution in [0.1, 0.15) is 17.8 Å². The van der Waals surface area contributed by atoms with Gasteiger partial charge in [0.2, 0.25) is 0 Å². The molecule has 0 amide bonds. The number of para-hydroxylation sites is 4. The van der Waals surface area contributed by atoms with Crippen molar-refractivity contribution < 1.29 is 5.11 Å². The van der Waals surface area contributed by atoms with Crippen LogP contribution < -0.4 is 5.11 Å². The average molecular weight is 263 g/mol. The lowest BCUT2D eigenvalue weighted by Gasteiger charge is -2.16. The molecule has 2 aromatic heterocycles. The molecule has 0 fully saturated rings. The Kier molecular flexibility index (Phi) is 2.34. The first-order chi connectivity index (χ1) is 9.81. The van der Waals surface area contributed by atoms with Gasteiger partial charge in [-0.05, 0) is 30.4 Å². The van der Waals surface area contributed by atoms with Crippen molar-refractivity contribution >= 4 is 22.1 Å². The summed E-state index contributed by atoms with van der Waals surface area (Å²) in [6, 6.07) is 15.2. The number of nitrogens with zero attached hydrogens (tertiary/aromatic N) is 2. The van der Waals surface area contributed by atoms with Crippen LogP contribution in [0, 0.1) is 0 Å². The van der Waals surface area contributed by atoms with Crippen molar-refractivity contribution in [3.63, 3.8) is 0 Å². The van der Waals surface area contributed by atoms with Crippen molar-refractivity contribution in [2.75, 3.05) is 0 Å². The number of rotatable bonds is 2. The lowest BCUT2D eigenvalue weighted by atomic mass is 10.3. The fraction of sp³-hybridized carbons (Fsp3) is 0.0667. The van der Waals surface area contributed by atoms with E-state index in [-0.39, 0.29) is 0 Å². The number of aromatic amines is 2. The highest BCUT2D eigenvalue weighted by atomic mass is 16.3. The van der Waals surface area contributed by atoms with E-state index in [0.717, 1.165) is 22.1 Å². The predicted molar refractivity (Wildman–Crippen MR) is 74.0 cm³/mol. The van der Waals surface area contributed by atoms with Gasteiger partial charge in [-0.25, -0.2) is 9.97 Å². The Morgan fingerprint density at radius 2 is 1.20 bits per heavy atom. The molecule has 2 aromatic carbocycles. The van der Waals surface area contributed by atoms with Crippen molar-refractivity contribution in [2.45, 2.75) is 6.10 Å². The summed E-state index contributed by atoms with van der Waals surface area (Å²) in [5.41, 5.74) is 3.30.